The van der Waals surface area contributed by atoms with Crippen LogP contribution >= 0.6 is 7.75 Å². The van der Waals surface area contributed by atoms with Crippen LogP contribution in [-0.4, -0.2) is 76.1 Å². The molecule has 0 radical (unpaired) electrons. The maximum absolute atomic E-state index is 14.7. The number of hydrogen-bond acceptors (Lipinski definition) is 10. The average molecular weight is 872 g/mol. The number of nitrogens with one attached hydrogen (secondary N) is 3. The van der Waals surface area contributed by atoms with Gasteiger partial charge in [-0.25, -0.2) is 23.6 Å². The van der Waals surface area contributed by atoms with Gasteiger partial charge in [0.15, 0.2) is 0 Å². The van der Waals surface area contributed by atoms with Crippen LogP contribution in [0, 0.1) is 11.7 Å². The molecule has 5 amide bonds. The van der Waals surface area contributed by atoms with E-state index in [1.807, 2.05) is 12.2 Å². The minimum Gasteiger partial charge on any atom is -0.446 e. The van der Waals surface area contributed by atoms with Crippen molar-refractivity contribution >= 4 is 37.7 Å². The zero-order valence-electron chi connectivity index (χ0n) is 34.2. The molecular formula is C45H51FN5O10P. The first-order valence-corrected chi connectivity index (χ1v) is 22.9. The van der Waals surface area contributed by atoms with Gasteiger partial charge in [0.05, 0.1) is 13.1 Å². The van der Waals surface area contributed by atoms with E-state index in [1.54, 1.807) is 72.8 Å². The van der Waals surface area contributed by atoms with Crippen LogP contribution in [0.1, 0.15) is 81.8 Å². The van der Waals surface area contributed by atoms with Crippen LogP contribution in [0.5, 0.6) is 11.5 Å². The second-order valence-corrected chi connectivity index (χ2v) is 18.2. The van der Waals surface area contributed by atoms with E-state index in [0.29, 0.717) is 24.0 Å². The van der Waals surface area contributed by atoms with Gasteiger partial charge in [0.1, 0.15) is 47.1 Å². The highest BCUT2D eigenvalue weighted by atomic mass is 31.2. The summed E-state index contributed by atoms with van der Waals surface area (Å²) in [6.45, 7) is -0.0759. The molecule has 3 N–H and O–H groups in total. The van der Waals surface area contributed by atoms with E-state index in [9.17, 15) is 32.9 Å². The van der Waals surface area contributed by atoms with Gasteiger partial charge in [-0.2, -0.15) is 0 Å². The molecule has 5 aliphatic rings. The molecule has 3 heterocycles. The molecule has 0 aromatic heterocycles. The van der Waals surface area contributed by atoms with Crippen LogP contribution < -0.4 is 24.8 Å². The molecule has 2 aliphatic carbocycles. The smallest absolute Gasteiger partial charge is 0.446 e. The zero-order chi connectivity index (χ0) is 43.3. The number of para-hydroxylation sites is 2. The Morgan fingerprint density at radius 3 is 2.19 bits per heavy atom. The van der Waals surface area contributed by atoms with Gasteiger partial charge in [-0.1, -0.05) is 73.5 Å². The fraction of sp³-hybridized carbons (Fsp3) is 0.444. The fourth-order valence-electron chi connectivity index (χ4n) is 8.76. The maximum atomic E-state index is 14.7. The van der Waals surface area contributed by atoms with E-state index in [2.05, 4.69) is 15.7 Å². The van der Waals surface area contributed by atoms with Crippen molar-refractivity contribution in [3.63, 3.8) is 0 Å². The molecule has 3 aliphatic heterocycles. The summed E-state index contributed by atoms with van der Waals surface area (Å²) in [5.41, 5.74) is -0.583. The number of ether oxygens (including phenoxy) is 2. The van der Waals surface area contributed by atoms with Crippen LogP contribution in [0.15, 0.2) is 91.0 Å². The lowest BCUT2D eigenvalue weighted by Gasteiger charge is -2.30. The van der Waals surface area contributed by atoms with E-state index >= 15 is 0 Å². The number of benzene rings is 3. The van der Waals surface area contributed by atoms with E-state index in [1.165, 1.54) is 15.9 Å². The Bertz CT molecular complexity index is 2180. The Morgan fingerprint density at radius 1 is 0.806 bits per heavy atom. The van der Waals surface area contributed by atoms with Crippen molar-refractivity contribution in [2.24, 2.45) is 5.92 Å². The average Bonchev–Trinajstić information content (AvgIpc) is 3.67. The van der Waals surface area contributed by atoms with Crippen LogP contribution in [0.4, 0.5) is 14.0 Å². The van der Waals surface area contributed by atoms with Gasteiger partial charge < -0.3 is 34.1 Å². The molecule has 3 aromatic carbocycles. The molecule has 15 nitrogen and oxygen atoms in total. The standard InChI is InChI=1S/C45H51FN5O10P/c46-37-23-14-15-30-27-50(29-36(30)37)44(56)59-35-25-39-40(52)48-45(42(54)49-62(57,60-33-19-7-4-8-20-33)61-34-21-9-5-10-22-34)26-31(45)16-6-2-1-3-11-24-38(41(53)51(39)28-35)47-43(55)58-32-17-12-13-18-32/h4-10,14-16,19-23,31-32,35,38-39H,1-3,11-13,17-18,24-29H2,(H,47,55)(H,48,52)(H,49,54,57)/b16-6-/t31?,35-,38+,39+,45-/m1/s1. The SMILES string of the molecule is O=C(N[C@H]1CCCCC/C=C\C2C[C@@]2(C(=O)NP(=O)(Oc2ccccc2)Oc2ccccc2)NC(=O)[C@@H]2C[C@@H](OC(=O)N3Cc4cccc(F)c4C3)CN2C1=O)OC1CCCC1. The number of hydrogen-bond donors (Lipinski definition) is 3. The number of nitrogens with zero attached hydrogens (tertiary/aromatic N) is 2. The molecule has 62 heavy (non-hydrogen) atoms. The number of amides is 5. The second kappa shape index (κ2) is 18.6. The Balaban J connectivity index is 1.06. The van der Waals surface area contributed by atoms with Crippen molar-refractivity contribution in [2.45, 2.75) is 114 Å². The molecule has 17 heteroatoms. The van der Waals surface area contributed by atoms with Gasteiger partial charge in [-0.15, -0.1) is 0 Å². The number of alkyl carbamates (subject to hydrolysis) is 1. The summed E-state index contributed by atoms with van der Waals surface area (Å²) in [5.74, 6) is -2.73. The summed E-state index contributed by atoms with van der Waals surface area (Å²) in [4.78, 5) is 73.2. The van der Waals surface area contributed by atoms with Crippen LogP contribution in [0.3, 0.4) is 0 Å². The molecule has 1 saturated heterocycles. The molecular weight excluding hydrogens is 820 g/mol. The number of carbonyl (C=O) groups is 5. The predicted octanol–water partition coefficient (Wildman–Crippen LogP) is 7.06. The van der Waals surface area contributed by atoms with Crippen molar-refractivity contribution in [3.8, 4) is 11.5 Å². The summed E-state index contributed by atoms with van der Waals surface area (Å²) >= 11 is 0. The van der Waals surface area contributed by atoms with Crippen LogP contribution in [0.25, 0.3) is 0 Å². The Morgan fingerprint density at radius 2 is 1.50 bits per heavy atom. The Labute approximate surface area is 359 Å². The number of fused-ring (bicyclic) bond motifs is 3. The molecule has 328 valence electrons. The third kappa shape index (κ3) is 9.91. The molecule has 3 aromatic rings. The highest BCUT2D eigenvalue weighted by Crippen LogP contribution is 2.50. The highest BCUT2D eigenvalue weighted by Gasteiger charge is 2.62. The largest absolute Gasteiger partial charge is 0.543 e. The topological polar surface area (TPSA) is 182 Å². The monoisotopic (exact) mass is 871 g/mol. The minimum absolute atomic E-state index is 0.00636. The highest BCUT2D eigenvalue weighted by molar-refractivity contribution is 7.53. The predicted molar refractivity (Wildman–Crippen MR) is 223 cm³/mol. The zero-order valence-corrected chi connectivity index (χ0v) is 35.1. The number of halogens is 1. The summed E-state index contributed by atoms with van der Waals surface area (Å²) < 4.78 is 52.3. The normalized spacial score (nSPS) is 25.8. The second-order valence-electron chi connectivity index (χ2n) is 16.6. The van der Waals surface area contributed by atoms with E-state index in [0.717, 1.165) is 38.5 Å². The van der Waals surface area contributed by atoms with E-state index in [-0.39, 0.29) is 56.5 Å². The summed E-state index contributed by atoms with van der Waals surface area (Å²) in [6.07, 6.45) is 7.42. The lowest BCUT2D eigenvalue weighted by Crippen LogP contribution is -2.57. The third-order valence-electron chi connectivity index (χ3n) is 12.1. The van der Waals surface area contributed by atoms with Gasteiger partial charge >= 0.3 is 19.9 Å². The van der Waals surface area contributed by atoms with Gasteiger partial charge in [-0.05, 0) is 87.3 Å². The van der Waals surface area contributed by atoms with Crippen molar-refractivity contribution in [1.82, 2.24) is 25.5 Å². The number of carbonyl (C=O) groups excluding carboxylic acids is 5. The van der Waals surface area contributed by atoms with Gasteiger partial charge in [0.2, 0.25) is 11.8 Å². The Kier molecular flexibility index (Phi) is 12.8. The van der Waals surface area contributed by atoms with E-state index < -0.39 is 73.1 Å². The van der Waals surface area contributed by atoms with Crippen molar-refractivity contribution in [2.75, 3.05) is 6.54 Å². The van der Waals surface area contributed by atoms with Crippen molar-refractivity contribution in [1.29, 1.82) is 0 Å². The van der Waals surface area contributed by atoms with Crippen LogP contribution in [0.2, 0.25) is 0 Å². The molecule has 1 unspecified atom stereocenters. The molecule has 0 spiro atoms. The first kappa shape index (κ1) is 42.8. The first-order valence-electron chi connectivity index (χ1n) is 21.4. The lowest BCUT2D eigenvalue weighted by atomic mass is 10.0. The van der Waals surface area contributed by atoms with Gasteiger partial charge in [0.25, 0.3) is 5.91 Å². The number of allylic oxidation sites excluding steroid dienone is 1. The summed E-state index contributed by atoms with van der Waals surface area (Å²) in [5, 5.41) is 8.16. The minimum atomic E-state index is -4.50. The molecule has 5 atom stereocenters. The van der Waals surface area contributed by atoms with Crippen molar-refractivity contribution in [3.05, 3.63) is 108 Å². The maximum Gasteiger partial charge on any atom is 0.543 e. The molecule has 3 fully saturated rings. The summed E-state index contributed by atoms with van der Waals surface area (Å²) in [7, 11) is -4.50. The van der Waals surface area contributed by atoms with E-state index in [4.69, 9.17) is 18.5 Å². The number of rotatable bonds is 9. The first-order chi connectivity index (χ1) is 30.0. The molecule has 2 saturated carbocycles. The van der Waals surface area contributed by atoms with Gasteiger partial charge in [0, 0.05) is 24.4 Å². The fourth-order valence-corrected chi connectivity index (χ4v) is 10.1. The Hall–Kier alpha value is -5.89. The van der Waals surface area contributed by atoms with Crippen molar-refractivity contribution < 1.29 is 51.4 Å². The van der Waals surface area contributed by atoms with Gasteiger partial charge in [-0.3, -0.25) is 19.3 Å². The quantitative estimate of drug-likeness (QED) is 0.149. The molecule has 8 rings (SSSR count). The molecule has 0 bridgehead atoms. The van der Waals surface area contributed by atoms with Crippen LogP contribution in [-0.2, 0) is 41.5 Å². The lowest BCUT2D eigenvalue weighted by molar-refractivity contribution is -0.141. The third-order valence-corrected chi connectivity index (χ3v) is 13.5. The summed E-state index contributed by atoms with van der Waals surface area (Å²) in [6, 6.07) is 18.7.